The van der Waals surface area contributed by atoms with Crippen LogP contribution in [0.2, 0.25) is 0 Å². The number of halogens is 3. The Morgan fingerprint density at radius 1 is 0.974 bits per heavy atom. The van der Waals surface area contributed by atoms with Gasteiger partial charge in [-0.1, -0.05) is 63.3 Å². The predicted octanol–water partition coefficient (Wildman–Crippen LogP) is 8.59. The van der Waals surface area contributed by atoms with Crippen LogP contribution in [0.25, 0.3) is 10.9 Å². The molecule has 0 bridgehead atoms. The van der Waals surface area contributed by atoms with Gasteiger partial charge in [0.05, 0.1) is 28.2 Å². The van der Waals surface area contributed by atoms with Crippen molar-refractivity contribution in [1.29, 1.82) is 0 Å². The van der Waals surface area contributed by atoms with Crippen LogP contribution in [-0.4, -0.2) is 22.5 Å². The molecule has 1 fully saturated rings. The monoisotopic (exact) mass is 715 g/mol. The topological polar surface area (TPSA) is 65.7 Å². The highest BCUT2D eigenvalue weighted by molar-refractivity contribution is 9.11. The second-order valence-electron chi connectivity index (χ2n) is 9.51. The molecule has 1 aromatic heterocycles. The summed E-state index contributed by atoms with van der Waals surface area (Å²) >= 11 is 10.6. The van der Waals surface area contributed by atoms with Crippen molar-refractivity contribution in [3.63, 3.8) is 0 Å². The maximum Gasteiger partial charge on any atom is 0.282 e. The Bertz CT molecular complexity index is 1560. The molecule has 1 heterocycles. The van der Waals surface area contributed by atoms with Crippen molar-refractivity contribution in [3.8, 4) is 11.5 Å². The summed E-state index contributed by atoms with van der Waals surface area (Å²) in [5.41, 5.74) is 2.35. The summed E-state index contributed by atoms with van der Waals surface area (Å²) in [5.74, 6) is 2.15. The number of benzene rings is 3. The quantitative estimate of drug-likeness (QED) is 0.171. The highest BCUT2D eigenvalue weighted by atomic mass is 79.9. The van der Waals surface area contributed by atoms with Crippen LogP contribution in [0, 0.1) is 0 Å². The maximum atomic E-state index is 13.6. The van der Waals surface area contributed by atoms with Crippen LogP contribution in [-0.2, 0) is 6.61 Å². The Morgan fingerprint density at radius 2 is 1.72 bits per heavy atom. The first-order valence-electron chi connectivity index (χ1n) is 13.0. The lowest BCUT2D eigenvalue weighted by molar-refractivity contribution is 0.267. The van der Waals surface area contributed by atoms with Gasteiger partial charge in [0, 0.05) is 14.9 Å². The van der Waals surface area contributed by atoms with Gasteiger partial charge in [0.25, 0.3) is 5.56 Å². The first-order valence-corrected chi connectivity index (χ1v) is 15.4. The summed E-state index contributed by atoms with van der Waals surface area (Å²) in [6.45, 7) is 2.82. The molecule has 4 aromatic rings. The zero-order valence-corrected chi connectivity index (χ0v) is 26.3. The van der Waals surface area contributed by atoms with E-state index in [4.69, 9.17) is 14.5 Å². The fourth-order valence-corrected chi connectivity index (χ4v) is 6.03. The maximum absolute atomic E-state index is 13.6. The molecule has 0 aliphatic heterocycles. The second-order valence-corrected chi connectivity index (χ2v) is 12.2. The fourth-order valence-electron chi connectivity index (χ4n) is 4.83. The van der Waals surface area contributed by atoms with Crippen molar-refractivity contribution in [3.05, 3.63) is 95.3 Å². The van der Waals surface area contributed by atoms with E-state index in [0.29, 0.717) is 35.6 Å². The molecule has 5 rings (SSSR count). The molecule has 6 nitrogen and oxygen atoms in total. The van der Waals surface area contributed by atoms with Crippen LogP contribution in [0.3, 0.4) is 0 Å². The zero-order valence-electron chi connectivity index (χ0n) is 21.5. The minimum Gasteiger partial charge on any atom is -0.490 e. The van der Waals surface area contributed by atoms with E-state index in [1.165, 1.54) is 11.1 Å². The summed E-state index contributed by atoms with van der Waals surface area (Å²) in [4.78, 5) is 18.6. The molecule has 1 aliphatic rings. The van der Waals surface area contributed by atoms with Gasteiger partial charge >= 0.3 is 0 Å². The highest BCUT2D eigenvalue weighted by Gasteiger charge is 2.22. The van der Waals surface area contributed by atoms with Gasteiger partial charge in [0.2, 0.25) is 0 Å². The minimum atomic E-state index is -0.170. The van der Waals surface area contributed by atoms with Gasteiger partial charge in [-0.05, 0) is 89.3 Å². The van der Waals surface area contributed by atoms with Gasteiger partial charge in [-0.3, -0.25) is 4.79 Å². The van der Waals surface area contributed by atoms with Crippen molar-refractivity contribution in [2.75, 3.05) is 6.61 Å². The molecule has 9 heteroatoms. The first-order chi connectivity index (χ1) is 18.9. The van der Waals surface area contributed by atoms with Crippen LogP contribution in [0.1, 0.15) is 61.9 Å². The van der Waals surface area contributed by atoms with E-state index in [9.17, 15) is 4.79 Å². The smallest absolute Gasteiger partial charge is 0.282 e. The lowest BCUT2D eigenvalue weighted by Crippen LogP contribution is -2.25. The Morgan fingerprint density at radius 3 is 2.46 bits per heavy atom. The fraction of sp³-hybridized carbons (Fsp3) is 0.300. The number of hydrogen-bond acceptors (Lipinski definition) is 5. The van der Waals surface area contributed by atoms with Gasteiger partial charge in [0.15, 0.2) is 11.5 Å². The van der Waals surface area contributed by atoms with E-state index >= 15 is 0 Å². The highest BCUT2D eigenvalue weighted by Crippen LogP contribution is 2.37. The number of ether oxygens (including phenoxy) is 2. The Labute approximate surface area is 252 Å². The van der Waals surface area contributed by atoms with Crippen LogP contribution in [0.4, 0.5) is 0 Å². The molecule has 0 unspecified atom stereocenters. The molecule has 0 amide bonds. The number of aromatic nitrogens is 2. The second kappa shape index (κ2) is 12.8. The Kier molecular flexibility index (Phi) is 9.20. The van der Waals surface area contributed by atoms with Crippen LogP contribution in [0.15, 0.2) is 77.9 Å². The van der Waals surface area contributed by atoms with Gasteiger partial charge in [0.1, 0.15) is 12.4 Å². The molecule has 0 atom stereocenters. The number of rotatable bonds is 8. The lowest BCUT2D eigenvalue weighted by Gasteiger charge is -2.22. The lowest BCUT2D eigenvalue weighted by atomic mass is 9.88. The van der Waals surface area contributed by atoms with Crippen molar-refractivity contribution >= 4 is 64.9 Å². The van der Waals surface area contributed by atoms with Gasteiger partial charge in [-0.2, -0.15) is 9.78 Å². The third-order valence-electron chi connectivity index (χ3n) is 6.75. The summed E-state index contributed by atoms with van der Waals surface area (Å²) in [6.07, 6.45) is 7.19. The van der Waals surface area contributed by atoms with Gasteiger partial charge in [-0.15, -0.1) is 0 Å². The molecule has 1 aliphatic carbocycles. The van der Waals surface area contributed by atoms with Gasteiger partial charge < -0.3 is 9.47 Å². The normalized spacial score (nSPS) is 14.3. The third kappa shape index (κ3) is 6.64. The molecule has 0 N–H and O–H groups in total. The predicted molar refractivity (Wildman–Crippen MR) is 166 cm³/mol. The largest absolute Gasteiger partial charge is 0.490 e. The Balaban J connectivity index is 1.50. The summed E-state index contributed by atoms with van der Waals surface area (Å²) < 4.78 is 16.1. The number of fused-ring (bicyclic) bond motifs is 1. The third-order valence-corrected chi connectivity index (χ3v) is 8.37. The zero-order chi connectivity index (χ0) is 27.4. The molecule has 39 heavy (non-hydrogen) atoms. The standard InChI is InChI=1S/C30H28Br3N3O3/c1-2-38-27-15-20(14-25(33)28(27)39-18-19-8-10-22(31)11-9-19)17-34-36-29(21-6-4-3-5-7-21)35-26-13-12-23(32)16-24(26)30(36)37/h8-17,21H,2-7,18H2,1H3. The van der Waals surface area contributed by atoms with E-state index in [-0.39, 0.29) is 11.5 Å². The number of hydrogen-bond donors (Lipinski definition) is 0. The van der Waals surface area contributed by atoms with Crippen molar-refractivity contribution in [1.82, 2.24) is 9.66 Å². The molecule has 0 radical (unpaired) electrons. The SMILES string of the molecule is CCOc1cc(C=Nn2c(C3CCCCC3)nc3ccc(Br)cc3c2=O)cc(Br)c1OCc1ccc(Br)cc1. The van der Waals surface area contributed by atoms with E-state index < -0.39 is 0 Å². The molecule has 1 saturated carbocycles. The van der Waals surface area contributed by atoms with E-state index in [0.717, 1.165) is 56.1 Å². The van der Waals surface area contributed by atoms with E-state index in [1.54, 1.807) is 6.21 Å². The number of nitrogens with zero attached hydrogens (tertiary/aromatic N) is 3. The Hall–Kier alpha value is -2.49. The van der Waals surface area contributed by atoms with Crippen molar-refractivity contribution in [2.45, 2.75) is 51.6 Å². The van der Waals surface area contributed by atoms with Crippen LogP contribution in [0.5, 0.6) is 11.5 Å². The molecule has 202 valence electrons. The first kappa shape index (κ1) is 28.1. The average molecular weight is 718 g/mol. The average Bonchev–Trinajstić information content (AvgIpc) is 2.94. The van der Waals surface area contributed by atoms with Crippen molar-refractivity contribution < 1.29 is 9.47 Å². The molecular formula is C30H28Br3N3O3. The summed E-state index contributed by atoms with van der Waals surface area (Å²) in [5, 5.41) is 5.22. The molecular weight excluding hydrogens is 690 g/mol. The molecule has 0 spiro atoms. The van der Waals surface area contributed by atoms with Crippen LogP contribution < -0.4 is 15.0 Å². The van der Waals surface area contributed by atoms with Crippen LogP contribution >= 0.6 is 47.8 Å². The summed E-state index contributed by atoms with van der Waals surface area (Å²) in [6, 6.07) is 17.4. The minimum absolute atomic E-state index is 0.170. The molecule has 0 saturated heterocycles. The molecule has 3 aromatic carbocycles. The summed E-state index contributed by atoms with van der Waals surface area (Å²) in [7, 11) is 0. The van der Waals surface area contributed by atoms with Crippen molar-refractivity contribution in [2.24, 2.45) is 5.10 Å². The van der Waals surface area contributed by atoms with E-state index in [2.05, 4.69) is 52.9 Å². The van der Waals surface area contributed by atoms with E-state index in [1.807, 2.05) is 61.5 Å². The van der Waals surface area contributed by atoms with Gasteiger partial charge in [-0.25, -0.2) is 4.98 Å².